The number of hydrogen-bond donors (Lipinski definition) is 0. The van der Waals surface area contributed by atoms with E-state index >= 15 is 0 Å². The highest BCUT2D eigenvalue weighted by atomic mass is 32.2. The number of carbonyl (C=O) groups excluding carboxylic acids is 2. The van der Waals surface area contributed by atoms with Gasteiger partial charge in [0.1, 0.15) is 10.6 Å². The van der Waals surface area contributed by atoms with E-state index < -0.39 is 22.1 Å². The summed E-state index contributed by atoms with van der Waals surface area (Å²) < 4.78 is 39.0. The summed E-state index contributed by atoms with van der Waals surface area (Å²) in [6, 6.07) is 10.8. The topological polar surface area (TPSA) is 96.0 Å². The smallest absolute Gasteiger partial charge is 0.339 e. The van der Waals surface area contributed by atoms with Crippen LogP contribution < -0.4 is 4.18 Å². The summed E-state index contributed by atoms with van der Waals surface area (Å²) in [6.45, 7) is 1.89. The van der Waals surface area contributed by atoms with Crippen molar-refractivity contribution in [3.05, 3.63) is 59.7 Å². The van der Waals surface area contributed by atoms with E-state index in [2.05, 4.69) is 4.74 Å². The first-order valence-electron chi connectivity index (χ1n) is 7.27. The average Bonchev–Trinajstić information content (AvgIpc) is 2.61. The van der Waals surface area contributed by atoms with Crippen molar-refractivity contribution in [2.75, 3.05) is 13.7 Å². The molecule has 0 saturated carbocycles. The summed E-state index contributed by atoms with van der Waals surface area (Å²) in [5.74, 6) is -1.18. The average molecular weight is 364 g/mol. The van der Waals surface area contributed by atoms with Crippen molar-refractivity contribution < 1.29 is 31.7 Å². The number of ether oxygens (including phenoxy) is 2. The van der Waals surface area contributed by atoms with Gasteiger partial charge < -0.3 is 13.7 Å². The van der Waals surface area contributed by atoms with E-state index in [4.69, 9.17) is 8.92 Å². The van der Waals surface area contributed by atoms with Gasteiger partial charge in [0.2, 0.25) is 0 Å². The first-order chi connectivity index (χ1) is 11.9. The van der Waals surface area contributed by atoms with Crippen LogP contribution in [0.4, 0.5) is 0 Å². The van der Waals surface area contributed by atoms with Crippen molar-refractivity contribution >= 4 is 22.1 Å². The normalized spacial score (nSPS) is 10.8. The van der Waals surface area contributed by atoms with Gasteiger partial charge in [-0.25, -0.2) is 9.59 Å². The van der Waals surface area contributed by atoms with Gasteiger partial charge in [0.25, 0.3) is 0 Å². The van der Waals surface area contributed by atoms with E-state index in [1.54, 1.807) is 6.92 Å². The lowest BCUT2D eigenvalue weighted by Gasteiger charge is -2.08. The van der Waals surface area contributed by atoms with Crippen molar-refractivity contribution in [1.29, 1.82) is 0 Å². The summed E-state index contributed by atoms with van der Waals surface area (Å²) in [5, 5.41) is 0. The molecule has 0 fully saturated rings. The lowest BCUT2D eigenvalue weighted by molar-refractivity contribution is 0.0525. The van der Waals surface area contributed by atoms with Crippen LogP contribution >= 0.6 is 0 Å². The predicted molar refractivity (Wildman–Crippen MR) is 88.0 cm³/mol. The quantitative estimate of drug-likeness (QED) is 0.574. The predicted octanol–water partition coefficient (Wildman–Crippen LogP) is 2.42. The highest BCUT2D eigenvalue weighted by Gasteiger charge is 2.18. The van der Waals surface area contributed by atoms with Crippen molar-refractivity contribution in [2.45, 2.75) is 11.8 Å². The molecule has 25 heavy (non-hydrogen) atoms. The fourth-order valence-corrected chi connectivity index (χ4v) is 2.86. The molecule has 0 amide bonds. The van der Waals surface area contributed by atoms with Gasteiger partial charge in [-0.2, -0.15) is 8.42 Å². The molecule has 7 nitrogen and oxygen atoms in total. The van der Waals surface area contributed by atoms with Crippen LogP contribution in [-0.2, 0) is 19.6 Å². The van der Waals surface area contributed by atoms with Crippen LogP contribution in [0, 0.1) is 0 Å². The second kappa shape index (κ2) is 7.80. The summed E-state index contributed by atoms with van der Waals surface area (Å²) in [6.07, 6.45) is 0. The van der Waals surface area contributed by atoms with Crippen molar-refractivity contribution in [1.82, 2.24) is 0 Å². The largest absolute Gasteiger partial charge is 0.465 e. The van der Waals surface area contributed by atoms with Gasteiger partial charge in [0.15, 0.2) is 0 Å². The van der Waals surface area contributed by atoms with Crippen LogP contribution in [0.1, 0.15) is 27.6 Å². The second-order valence-electron chi connectivity index (χ2n) is 4.80. The van der Waals surface area contributed by atoms with Gasteiger partial charge in [-0.1, -0.05) is 6.07 Å². The number of rotatable bonds is 6. The minimum Gasteiger partial charge on any atom is -0.465 e. The van der Waals surface area contributed by atoms with E-state index in [9.17, 15) is 18.0 Å². The molecule has 0 spiro atoms. The van der Waals surface area contributed by atoms with Crippen molar-refractivity contribution in [3.8, 4) is 5.75 Å². The Kier molecular flexibility index (Phi) is 5.76. The molecule has 0 heterocycles. The fraction of sp³-hybridized carbons (Fsp3) is 0.176. The molecular formula is C17H16O7S. The Labute approximate surface area is 145 Å². The minimum atomic E-state index is -4.12. The first-order valence-corrected chi connectivity index (χ1v) is 8.68. The Morgan fingerprint density at radius 3 is 2.24 bits per heavy atom. The van der Waals surface area contributed by atoms with E-state index in [0.29, 0.717) is 0 Å². The first kappa shape index (κ1) is 18.5. The lowest BCUT2D eigenvalue weighted by atomic mass is 10.2. The molecule has 132 valence electrons. The third-order valence-corrected chi connectivity index (χ3v) is 4.38. The third kappa shape index (κ3) is 4.57. The van der Waals surface area contributed by atoms with Crippen LogP contribution in [0.15, 0.2) is 53.4 Å². The van der Waals surface area contributed by atoms with E-state index in [0.717, 1.165) is 0 Å². The van der Waals surface area contributed by atoms with E-state index in [-0.39, 0.29) is 28.4 Å². The number of hydrogen-bond acceptors (Lipinski definition) is 7. The van der Waals surface area contributed by atoms with Gasteiger partial charge in [-0.15, -0.1) is 0 Å². The highest BCUT2D eigenvalue weighted by Crippen LogP contribution is 2.21. The molecule has 0 saturated heterocycles. The van der Waals surface area contributed by atoms with Gasteiger partial charge in [0, 0.05) is 0 Å². The van der Waals surface area contributed by atoms with Gasteiger partial charge in [0.05, 0.1) is 24.8 Å². The molecule has 2 aromatic rings. The molecule has 0 aliphatic rings. The zero-order valence-corrected chi connectivity index (χ0v) is 14.4. The SMILES string of the molecule is CCOC(=O)c1ccc(S(=O)(=O)Oc2cccc(C(=O)OC)c2)cc1. The maximum Gasteiger partial charge on any atom is 0.339 e. The van der Waals surface area contributed by atoms with Gasteiger partial charge in [-0.05, 0) is 49.4 Å². The monoisotopic (exact) mass is 364 g/mol. The fourth-order valence-electron chi connectivity index (χ4n) is 1.94. The molecule has 2 rings (SSSR count). The van der Waals surface area contributed by atoms with Crippen LogP contribution in [0.25, 0.3) is 0 Å². The molecule has 0 atom stereocenters. The molecule has 8 heteroatoms. The Morgan fingerprint density at radius 2 is 1.64 bits per heavy atom. The molecular weight excluding hydrogens is 348 g/mol. The molecule has 0 aromatic heterocycles. The zero-order chi connectivity index (χ0) is 18.4. The lowest BCUT2D eigenvalue weighted by Crippen LogP contribution is -2.11. The van der Waals surface area contributed by atoms with Crippen LogP contribution in [0.2, 0.25) is 0 Å². The van der Waals surface area contributed by atoms with Crippen LogP contribution in [0.5, 0.6) is 5.75 Å². The molecule has 0 N–H and O–H groups in total. The minimum absolute atomic E-state index is 0.0302. The van der Waals surface area contributed by atoms with E-state index in [1.165, 1.54) is 55.6 Å². The maximum atomic E-state index is 12.3. The van der Waals surface area contributed by atoms with Crippen LogP contribution in [0.3, 0.4) is 0 Å². The number of esters is 2. The molecule has 0 aliphatic carbocycles. The Morgan fingerprint density at radius 1 is 0.960 bits per heavy atom. The summed E-state index contributed by atoms with van der Waals surface area (Å²) >= 11 is 0. The maximum absolute atomic E-state index is 12.3. The van der Waals surface area contributed by atoms with Gasteiger partial charge in [-0.3, -0.25) is 0 Å². The summed E-state index contributed by atoms with van der Waals surface area (Å²) in [7, 11) is -2.90. The zero-order valence-electron chi connectivity index (χ0n) is 13.6. The van der Waals surface area contributed by atoms with Crippen molar-refractivity contribution in [2.24, 2.45) is 0 Å². The molecule has 0 radical (unpaired) electrons. The Hall–Kier alpha value is -2.87. The van der Waals surface area contributed by atoms with Crippen molar-refractivity contribution in [3.63, 3.8) is 0 Å². The summed E-state index contributed by atoms with van der Waals surface area (Å²) in [4.78, 5) is 22.9. The Balaban J connectivity index is 2.22. The number of benzene rings is 2. The standard InChI is InChI=1S/C17H16O7S/c1-3-23-17(19)12-7-9-15(10-8-12)25(20,21)24-14-6-4-5-13(11-14)16(18)22-2/h4-11H,3H2,1-2H3. The van der Waals surface area contributed by atoms with Crippen LogP contribution in [-0.4, -0.2) is 34.1 Å². The number of methoxy groups -OCH3 is 1. The Bertz CT molecular complexity index is 870. The van der Waals surface area contributed by atoms with Gasteiger partial charge >= 0.3 is 22.1 Å². The third-order valence-electron chi connectivity index (χ3n) is 3.12. The number of carbonyl (C=O) groups is 2. The summed E-state index contributed by atoms with van der Waals surface area (Å²) in [5.41, 5.74) is 0.390. The van der Waals surface area contributed by atoms with E-state index in [1.807, 2.05) is 0 Å². The highest BCUT2D eigenvalue weighted by molar-refractivity contribution is 7.87. The molecule has 0 aliphatic heterocycles. The molecule has 0 unspecified atom stereocenters. The molecule has 2 aromatic carbocycles. The second-order valence-corrected chi connectivity index (χ2v) is 6.35. The molecule has 0 bridgehead atoms.